The van der Waals surface area contributed by atoms with E-state index in [4.69, 9.17) is 4.98 Å². The maximum absolute atomic E-state index is 12.7. The smallest absolute Gasteiger partial charge is 0.272 e. The molecule has 166 valence electrons. The van der Waals surface area contributed by atoms with Gasteiger partial charge in [-0.05, 0) is 43.7 Å². The number of sulfone groups is 1. The number of piperidine rings is 2. The van der Waals surface area contributed by atoms with Crippen molar-refractivity contribution in [2.24, 2.45) is 5.92 Å². The van der Waals surface area contributed by atoms with Gasteiger partial charge in [0, 0.05) is 44.5 Å². The van der Waals surface area contributed by atoms with Gasteiger partial charge in [0.05, 0.1) is 11.9 Å². The molecule has 4 heterocycles. The number of carbonyl (C=O) groups excluding carboxylic acids is 1. The van der Waals surface area contributed by atoms with Crippen molar-refractivity contribution in [1.29, 1.82) is 0 Å². The Kier molecular flexibility index (Phi) is 6.22. The summed E-state index contributed by atoms with van der Waals surface area (Å²) < 4.78 is 24.9. The Bertz CT molecular complexity index is 1040. The Balaban J connectivity index is 1.55. The largest absolute Gasteiger partial charge is 0.341 e. The standard InChI is InChI=1S/C22H29N5O3S/c1-16-6-5-11-27(15-16)22-24-14-19(31(2,29)30)20(25-22)17-8-12-26(13-9-17)21(28)18-7-3-4-10-23-18/h3-4,7,10,14,16-17H,5-6,8-9,11-13,15H2,1-2H3/t16-/m0/s1. The van der Waals surface area contributed by atoms with Crippen molar-refractivity contribution in [2.75, 3.05) is 37.3 Å². The molecule has 0 N–H and O–H groups in total. The Morgan fingerprint density at radius 3 is 2.52 bits per heavy atom. The number of hydrogen-bond acceptors (Lipinski definition) is 7. The monoisotopic (exact) mass is 443 g/mol. The number of anilines is 1. The highest BCUT2D eigenvalue weighted by molar-refractivity contribution is 7.90. The Hall–Kier alpha value is -2.55. The number of aromatic nitrogens is 3. The van der Waals surface area contributed by atoms with E-state index in [0.29, 0.717) is 49.2 Å². The van der Waals surface area contributed by atoms with E-state index in [2.05, 4.69) is 21.8 Å². The van der Waals surface area contributed by atoms with E-state index in [9.17, 15) is 13.2 Å². The highest BCUT2D eigenvalue weighted by atomic mass is 32.2. The second kappa shape index (κ2) is 8.90. The first-order valence-electron chi connectivity index (χ1n) is 10.8. The fraction of sp³-hybridized carbons (Fsp3) is 0.545. The normalized spacial score (nSPS) is 20.6. The van der Waals surface area contributed by atoms with Crippen molar-refractivity contribution < 1.29 is 13.2 Å². The number of amides is 1. The first kappa shape index (κ1) is 21.7. The molecule has 2 fully saturated rings. The number of likely N-dealkylation sites (tertiary alicyclic amines) is 1. The van der Waals surface area contributed by atoms with Gasteiger partial charge >= 0.3 is 0 Å². The molecule has 8 nitrogen and oxygen atoms in total. The molecule has 0 aliphatic carbocycles. The van der Waals surface area contributed by atoms with Crippen LogP contribution in [-0.4, -0.2) is 66.6 Å². The van der Waals surface area contributed by atoms with Gasteiger partial charge in [0.2, 0.25) is 5.95 Å². The molecule has 0 saturated carbocycles. The third-order valence-electron chi connectivity index (χ3n) is 6.16. The van der Waals surface area contributed by atoms with Crippen LogP contribution in [0, 0.1) is 5.92 Å². The average molecular weight is 444 g/mol. The Labute approximate surface area is 183 Å². The lowest BCUT2D eigenvalue weighted by Gasteiger charge is -2.34. The highest BCUT2D eigenvalue weighted by Crippen LogP contribution is 2.33. The van der Waals surface area contributed by atoms with Crippen LogP contribution in [0.25, 0.3) is 0 Å². The molecule has 31 heavy (non-hydrogen) atoms. The maximum atomic E-state index is 12.7. The van der Waals surface area contributed by atoms with Gasteiger partial charge in [-0.15, -0.1) is 0 Å². The fourth-order valence-corrected chi connectivity index (χ4v) is 5.32. The molecule has 2 aromatic rings. The van der Waals surface area contributed by atoms with Gasteiger partial charge in [0.1, 0.15) is 10.6 Å². The van der Waals surface area contributed by atoms with Crippen molar-refractivity contribution >= 4 is 21.7 Å². The van der Waals surface area contributed by atoms with Gasteiger partial charge in [0.25, 0.3) is 5.91 Å². The number of carbonyl (C=O) groups is 1. The Morgan fingerprint density at radius 1 is 1.10 bits per heavy atom. The van der Waals surface area contributed by atoms with Gasteiger partial charge in [-0.1, -0.05) is 13.0 Å². The van der Waals surface area contributed by atoms with Gasteiger partial charge < -0.3 is 9.80 Å². The molecule has 4 rings (SSSR count). The zero-order valence-corrected chi connectivity index (χ0v) is 18.9. The topological polar surface area (TPSA) is 96.4 Å². The van der Waals surface area contributed by atoms with Crippen molar-refractivity contribution in [3.05, 3.63) is 42.0 Å². The molecular formula is C22H29N5O3S. The molecule has 0 unspecified atom stereocenters. The van der Waals surface area contributed by atoms with E-state index < -0.39 is 9.84 Å². The first-order valence-corrected chi connectivity index (χ1v) is 12.7. The third kappa shape index (κ3) is 4.87. The van der Waals surface area contributed by atoms with Crippen LogP contribution in [0.2, 0.25) is 0 Å². The zero-order valence-electron chi connectivity index (χ0n) is 18.1. The summed E-state index contributed by atoms with van der Waals surface area (Å²) in [6, 6.07) is 5.30. The molecule has 1 amide bonds. The molecule has 2 saturated heterocycles. The SMILES string of the molecule is C[C@H]1CCCN(c2ncc(S(C)(=O)=O)c(C3CCN(C(=O)c4ccccn4)CC3)n2)C1. The van der Waals surface area contributed by atoms with Gasteiger partial charge in [-0.2, -0.15) is 0 Å². The summed E-state index contributed by atoms with van der Waals surface area (Å²) in [5.74, 6) is 1.06. The van der Waals surface area contributed by atoms with Crippen LogP contribution >= 0.6 is 0 Å². The van der Waals surface area contributed by atoms with Crippen molar-refractivity contribution in [3.63, 3.8) is 0 Å². The lowest BCUT2D eigenvalue weighted by molar-refractivity contribution is 0.0705. The lowest BCUT2D eigenvalue weighted by atomic mass is 9.93. The first-order chi connectivity index (χ1) is 14.8. The molecule has 2 aliphatic rings. The highest BCUT2D eigenvalue weighted by Gasteiger charge is 2.31. The summed E-state index contributed by atoms with van der Waals surface area (Å²) in [6.07, 6.45) is 7.88. The predicted molar refractivity (Wildman–Crippen MR) is 118 cm³/mol. The summed E-state index contributed by atoms with van der Waals surface area (Å²) in [4.78, 5) is 30.2. The minimum Gasteiger partial charge on any atom is -0.341 e. The number of pyridine rings is 1. The van der Waals surface area contributed by atoms with Gasteiger partial charge in [-0.3, -0.25) is 9.78 Å². The zero-order chi connectivity index (χ0) is 22.0. The molecule has 9 heteroatoms. The summed E-state index contributed by atoms with van der Waals surface area (Å²) in [5.41, 5.74) is 1.02. The van der Waals surface area contributed by atoms with Crippen LogP contribution in [0.3, 0.4) is 0 Å². The van der Waals surface area contributed by atoms with Crippen LogP contribution in [0.15, 0.2) is 35.5 Å². The maximum Gasteiger partial charge on any atom is 0.272 e. The van der Waals surface area contributed by atoms with E-state index in [-0.39, 0.29) is 16.7 Å². The molecule has 0 bridgehead atoms. The average Bonchev–Trinajstić information content (AvgIpc) is 2.78. The third-order valence-corrected chi connectivity index (χ3v) is 7.28. The van der Waals surface area contributed by atoms with Crippen molar-refractivity contribution in [1.82, 2.24) is 19.9 Å². The van der Waals surface area contributed by atoms with Crippen LogP contribution in [-0.2, 0) is 9.84 Å². The second-order valence-electron chi connectivity index (χ2n) is 8.67. The van der Waals surface area contributed by atoms with Gasteiger partial charge in [-0.25, -0.2) is 18.4 Å². The predicted octanol–water partition coefficient (Wildman–Crippen LogP) is 2.53. The molecule has 0 radical (unpaired) electrons. The Morgan fingerprint density at radius 2 is 1.87 bits per heavy atom. The summed E-state index contributed by atoms with van der Waals surface area (Å²) in [5, 5.41) is 0. The molecule has 2 aliphatic heterocycles. The molecule has 0 spiro atoms. The minimum atomic E-state index is -3.45. The van der Waals surface area contributed by atoms with E-state index in [0.717, 1.165) is 19.5 Å². The number of hydrogen-bond donors (Lipinski definition) is 0. The minimum absolute atomic E-state index is 0.0264. The summed E-state index contributed by atoms with van der Waals surface area (Å²) >= 11 is 0. The van der Waals surface area contributed by atoms with Crippen LogP contribution in [0.4, 0.5) is 5.95 Å². The number of rotatable bonds is 4. The van der Waals surface area contributed by atoms with Crippen molar-refractivity contribution in [3.8, 4) is 0 Å². The molecule has 2 aromatic heterocycles. The fourth-order valence-electron chi connectivity index (χ4n) is 4.48. The lowest BCUT2D eigenvalue weighted by Crippen LogP contribution is -2.39. The van der Waals surface area contributed by atoms with E-state index in [1.165, 1.54) is 18.9 Å². The number of nitrogens with zero attached hydrogens (tertiary/aromatic N) is 5. The summed E-state index contributed by atoms with van der Waals surface area (Å²) in [6.45, 7) is 5.08. The van der Waals surface area contributed by atoms with Crippen LogP contribution in [0.5, 0.6) is 0 Å². The molecule has 0 aromatic carbocycles. The van der Waals surface area contributed by atoms with Gasteiger partial charge in [0.15, 0.2) is 9.84 Å². The van der Waals surface area contributed by atoms with Crippen LogP contribution < -0.4 is 4.90 Å². The van der Waals surface area contributed by atoms with E-state index in [1.54, 1.807) is 29.3 Å². The molecule has 1 atom stereocenters. The quantitative estimate of drug-likeness (QED) is 0.716. The second-order valence-corrected chi connectivity index (χ2v) is 10.7. The summed E-state index contributed by atoms with van der Waals surface area (Å²) in [7, 11) is -3.45. The van der Waals surface area contributed by atoms with E-state index >= 15 is 0 Å². The van der Waals surface area contributed by atoms with Crippen molar-refractivity contribution in [2.45, 2.75) is 43.4 Å². The van der Waals surface area contributed by atoms with E-state index in [1.807, 2.05) is 0 Å². The van der Waals surface area contributed by atoms with Crippen LogP contribution in [0.1, 0.15) is 54.7 Å². The molecular weight excluding hydrogens is 414 g/mol.